The number of nitrogens with zero attached hydrogens (tertiary/aromatic N) is 4. The van der Waals surface area contributed by atoms with E-state index in [2.05, 4.69) is 5.32 Å². The predicted octanol–water partition coefficient (Wildman–Crippen LogP) is 3.27. The van der Waals surface area contributed by atoms with Crippen molar-refractivity contribution >= 4 is 40.9 Å². The fourth-order valence-electron chi connectivity index (χ4n) is 6.25. The lowest BCUT2D eigenvalue weighted by atomic mass is 9.65. The van der Waals surface area contributed by atoms with Gasteiger partial charge in [-0.2, -0.15) is 0 Å². The molecule has 1 saturated heterocycles. The van der Waals surface area contributed by atoms with E-state index in [1.165, 1.54) is 4.40 Å². The zero-order valence-corrected chi connectivity index (χ0v) is 21.4. The van der Waals surface area contributed by atoms with Crippen LogP contribution in [0.1, 0.15) is 28.3 Å². The number of aromatic nitrogens is 2. The number of pyridine rings is 1. The van der Waals surface area contributed by atoms with Crippen molar-refractivity contribution in [2.45, 2.75) is 25.4 Å². The summed E-state index contributed by atoms with van der Waals surface area (Å²) in [5.41, 5.74) is 1.01. The summed E-state index contributed by atoms with van der Waals surface area (Å²) in [7, 11) is 0. The Labute approximate surface area is 227 Å². The van der Waals surface area contributed by atoms with E-state index in [4.69, 9.17) is 16.6 Å². The number of nitrogens with one attached hydrogen (secondary N) is 1. The lowest BCUT2D eigenvalue weighted by molar-refractivity contribution is -0.154. The van der Waals surface area contributed by atoms with Gasteiger partial charge in [-0.15, -0.1) is 0 Å². The summed E-state index contributed by atoms with van der Waals surface area (Å²) < 4.78 is 1.42. The van der Waals surface area contributed by atoms with Crippen LogP contribution in [0.5, 0.6) is 0 Å². The Kier molecular flexibility index (Phi) is 5.15. The fraction of sp³-hybridized carbons (Fsp3) is 0.207. The van der Waals surface area contributed by atoms with E-state index in [-0.39, 0.29) is 24.1 Å². The molecule has 0 radical (unpaired) electrons. The molecule has 0 aliphatic carbocycles. The lowest BCUT2D eigenvalue weighted by Crippen LogP contribution is -2.70. The molecule has 7 rings (SSSR count). The molecule has 1 N–H and O–H groups in total. The maximum atomic E-state index is 14.5. The lowest BCUT2D eigenvalue weighted by Gasteiger charge is -2.53. The van der Waals surface area contributed by atoms with Crippen molar-refractivity contribution in [2.75, 3.05) is 11.4 Å². The zero-order valence-electron chi connectivity index (χ0n) is 20.6. The molecule has 3 aliphatic rings. The second-order valence-electron chi connectivity index (χ2n) is 10.1. The maximum Gasteiger partial charge on any atom is 0.331 e. The van der Waals surface area contributed by atoms with Gasteiger partial charge in [0.1, 0.15) is 11.5 Å². The summed E-state index contributed by atoms with van der Waals surface area (Å²) in [5.74, 6) is -0.916. The van der Waals surface area contributed by atoms with Crippen LogP contribution in [0.2, 0.25) is 5.02 Å². The smallest absolute Gasteiger partial charge is 0.331 e. The van der Waals surface area contributed by atoms with Gasteiger partial charge in [0.15, 0.2) is 5.41 Å². The van der Waals surface area contributed by atoms with E-state index >= 15 is 0 Å². The number of benzene rings is 2. The molecule has 9 nitrogen and oxygen atoms in total. The first-order valence-electron chi connectivity index (χ1n) is 12.7. The third-order valence-electron chi connectivity index (χ3n) is 8.07. The molecule has 3 aliphatic heterocycles. The first kappa shape index (κ1) is 23.6. The van der Waals surface area contributed by atoms with E-state index in [1.807, 2.05) is 29.2 Å². The highest BCUT2D eigenvalue weighted by molar-refractivity contribution is 6.31. The van der Waals surface area contributed by atoms with Crippen LogP contribution in [0.3, 0.4) is 0 Å². The summed E-state index contributed by atoms with van der Waals surface area (Å²) >= 11 is 6.37. The number of halogens is 1. The highest BCUT2D eigenvalue weighted by atomic mass is 35.5. The number of carbonyl (C=O) groups excluding carboxylic acids is 3. The van der Waals surface area contributed by atoms with Crippen LogP contribution >= 0.6 is 11.6 Å². The largest absolute Gasteiger partial charge is 0.347 e. The summed E-state index contributed by atoms with van der Waals surface area (Å²) in [6.07, 6.45) is 2.07. The van der Waals surface area contributed by atoms with E-state index in [9.17, 15) is 19.2 Å². The monoisotopic (exact) mass is 539 g/mol. The molecular weight excluding hydrogens is 518 g/mol. The van der Waals surface area contributed by atoms with E-state index in [0.29, 0.717) is 35.0 Å². The highest BCUT2D eigenvalue weighted by Gasteiger charge is 2.64. The molecule has 10 heteroatoms. The first-order chi connectivity index (χ1) is 18.9. The molecule has 1 spiro atoms. The third kappa shape index (κ3) is 3.29. The normalized spacial score (nSPS) is 22.0. The van der Waals surface area contributed by atoms with Crippen molar-refractivity contribution in [3.05, 3.63) is 111 Å². The second-order valence-corrected chi connectivity index (χ2v) is 10.5. The number of urea groups is 1. The molecule has 2 atom stereocenters. The Balaban J connectivity index is 1.47. The van der Waals surface area contributed by atoms with Gasteiger partial charge in [-0.1, -0.05) is 60.1 Å². The number of hydrogen-bond donors (Lipinski definition) is 1. The zero-order chi connectivity index (χ0) is 26.9. The Morgan fingerprint density at radius 2 is 1.74 bits per heavy atom. The van der Waals surface area contributed by atoms with Crippen molar-refractivity contribution in [3.63, 3.8) is 0 Å². The number of barbiturate groups is 1. The topological polar surface area (TPSA) is 104 Å². The molecule has 2 aromatic carbocycles. The second kappa shape index (κ2) is 8.51. The molecule has 0 saturated carbocycles. The Hall–Kier alpha value is -4.50. The average Bonchev–Trinajstić information content (AvgIpc) is 2.95. The van der Waals surface area contributed by atoms with Crippen LogP contribution in [0.4, 0.5) is 10.6 Å². The Morgan fingerprint density at radius 1 is 0.974 bits per heavy atom. The molecule has 2 aromatic heterocycles. The minimum atomic E-state index is -1.78. The number of hydrogen-bond acceptors (Lipinski definition) is 6. The van der Waals surface area contributed by atoms with Gasteiger partial charge in [0.05, 0.1) is 18.2 Å². The van der Waals surface area contributed by atoms with E-state index < -0.39 is 29.3 Å². The van der Waals surface area contributed by atoms with Gasteiger partial charge >= 0.3 is 6.03 Å². The Bertz CT molecular complexity index is 1790. The summed E-state index contributed by atoms with van der Waals surface area (Å²) in [6, 6.07) is 18.3. The van der Waals surface area contributed by atoms with Gasteiger partial charge in [0, 0.05) is 24.2 Å². The van der Waals surface area contributed by atoms with Gasteiger partial charge in [0.25, 0.3) is 5.56 Å². The minimum Gasteiger partial charge on any atom is -0.347 e. The number of anilines is 1. The van der Waals surface area contributed by atoms with Gasteiger partial charge in [0.2, 0.25) is 11.8 Å². The van der Waals surface area contributed by atoms with Crippen molar-refractivity contribution in [3.8, 4) is 0 Å². The molecule has 194 valence electrons. The molecule has 0 bridgehead atoms. The summed E-state index contributed by atoms with van der Waals surface area (Å²) in [4.78, 5) is 63.1. The highest BCUT2D eigenvalue weighted by Crippen LogP contribution is 2.52. The van der Waals surface area contributed by atoms with Crippen molar-refractivity contribution in [1.82, 2.24) is 19.6 Å². The van der Waals surface area contributed by atoms with Crippen molar-refractivity contribution in [1.29, 1.82) is 0 Å². The number of fused-ring (bicyclic) bond motifs is 7. The van der Waals surface area contributed by atoms with Crippen LogP contribution in [-0.4, -0.2) is 38.7 Å². The van der Waals surface area contributed by atoms with Crippen molar-refractivity contribution in [2.24, 2.45) is 5.41 Å². The number of imide groups is 2. The summed E-state index contributed by atoms with van der Waals surface area (Å²) in [5, 5.41) is 2.84. The number of amides is 4. The SMILES string of the molecule is O=C1NC(=O)[C@@]2(Cc3c(nc4ccccn4c3=O)N3CCc4ccccc4[C@@H]32)C(=O)N1Cc1ccccc1Cl. The molecule has 39 heavy (non-hydrogen) atoms. The molecule has 0 unspecified atom stereocenters. The van der Waals surface area contributed by atoms with Crippen LogP contribution < -0.4 is 15.8 Å². The first-order valence-corrected chi connectivity index (χ1v) is 13.0. The minimum absolute atomic E-state index is 0.116. The standard InChI is InChI=1S/C29H22ClN5O4/c30-21-10-4-2-8-18(21)16-35-27(38)29(26(37)32-28(35)39)15-20-24(31-22-11-5-6-13-33(22)25(20)36)34-14-12-17-7-1-3-9-19(17)23(29)34/h1-11,13,23H,12,14-16H2,(H,32,37,39)/t23-,29+/m1/s1. The molecule has 1 fully saturated rings. The van der Waals surface area contributed by atoms with Gasteiger partial charge < -0.3 is 4.90 Å². The van der Waals surface area contributed by atoms with Gasteiger partial charge in [-0.25, -0.2) is 9.78 Å². The molecular formula is C29H22ClN5O4. The third-order valence-corrected chi connectivity index (χ3v) is 8.44. The fourth-order valence-corrected chi connectivity index (χ4v) is 6.45. The molecule has 4 amide bonds. The van der Waals surface area contributed by atoms with Crippen LogP contribution in [0.15, 0.2) is 77.7 Å². The van der Waals surface area contributed by atoms with Gasteiger partial charge in [-0.05, 0) is 41.3 Å². The molecule has 5 heterocycles. The summed E-state index contributed by atoms with van der Waals surface area (Å²) in [6.45, 7) is 0.334. The number of carbonyl (C=O) groups is 3. The van der Waals surface area contributed by atoms with Crippen LogP contribution in [0, 0.1) is 5.41 Å². The maximum absolute atomic E-state index is 14.5. The van der Waals surface area contributed by atoms with E-state index in [0.717, 1.165) is 16.0 Å². The van der Waals surface area contributed by atoms with Crippen molar-refractivity contribution < 1.29 is 14.4 Å². The Morgan fingerprint density at radius 3 is 2.59 bits per heavy atom. The van der Waals surface area contributed by atoms with E-state index in [1.54, 1.807) is 48.7 Å². The predicted molar refractivity (Wildman–Crippen MR) is 143 cm³/mol. The van der Waals surface area contributed by atoms with Crippen LogP contribution in [-0.2, 0) is 29.0 Å². The average molecular weight is 540 g/mol. The quantitative estimate of drug-likeness (QED) is 0.392. The number of rotatable bonds is 2. The van der Waals surface area contributed by atoms with Gasteiger partial charge in [-0.3, -0.25) is 29.0 Å². The van der Waals surface area contributed by atoms with Crippen LogP contribution in [0.25, 0.3) is 5.65 Å². The molecule has 4 aromatic rings.